The zero-order valence-corrected chi connectivity index (χ0v) is 30.4. The van der Waals surface area contributed by atoms with E-state index in [9.17, 15) is 9.59 Å². The van der Waals surface area contributed by atoms with Crippen LogP contribution in [0.2, 0.25) is 0 Å². The Morgan fingerprint density at radius 2 is 1.24 bits per heavy atom. The van der Waals surface area contributed by atoms with Crippen molar-refractivity contribution in [1.29, 1.82) is 0 Å². The van der Waals surface area contributed by atoms with Crippen LogP contribution in [-0.4, -0.2) is 31.5 Å². The first-order valence-electron chi connectivity index (χ1n) is 18.2. The van der Waals surface area contributed by atoms with Crippen molar-refractivity contribution in [1.82, 2.24) is 20.0 Å². The lowest BCUT2D eigenvalue weighted by Crippen LogP contribution is -2.45. The summed E-state index contributed by atoms with van der Waals surface area (Å²) in [6.45, 7) is 15.7. The lowest BCUT2D eigenvalue weighted by Gasteiger charge is -2.46. The number of aromatic amines is 1. The molecule has 3 N–H and O–H groups in total. The highest BCUT2D eigenvalue weighted by atomic mass is 16.1. The summed E-state index contributed by atoms with van der Waals surface area (Å²) in [5.41, 5.74) is 8.36. The molecule has 8 heteroatoms. The van der Waals surface area contributed by atoms with Gasteiger partial charge in [0.25, 0.3) is 0 Å². The van der Waals surface area contributed by atoms with E-state index < -0.39 is 16.2 Å². The Hall–Kier alpha value is -4.72. The van der Waals surface area contributed by atoms with Crippen molar-refractivity contribution in [2.75, 3.05) is 10.6 Å². The number of rotatable bonds is 6. The van der Waals surface area contributed by atoms with E-state index in [2.05, 4.69) is 110 Å². The molecule has 0 fully saturated rings. The average molecular weight is 669 g/mol. The summed E-state index contributed by atoms with van der Waals surface area (Å²) in [5.74, 6) is 2.01. The molecule has 258 valence electrons. The topological polar surface area (TPSA) is 105 Å². The fourth-order valence-corrected chi connectivity index (χ4v) is 10.2. The molecule has 2 aromatic heterocycles. The molecule has 50 heavy (non-hydrogen) atoms. The molecular weight excluding hydrogens is 621 g/mol. The van der Waals surface area contributed by atoms with Crippen molar-refractivity contribution in [3.05, 3.63) is 117 Å². The van der Waals surface area contributed by atoms with Gasteiger partial charge in [0.1, 0.15) is 0 Å². The smallest absolute Gasteiger partial charge is 0.162 e. The summed E-state index contributed by atoms with van der Waals surface area (Å²) in [6, 6.07) is 20.9. The maximum atomic E-state index is 14.7. The third kappa shape index (κ3) is 4.49. The molecule has 2 aliphatic carbocycles. The second kappa shape index (κ2) is 11.1. The Labute approximate surface area is 294 Å². The van der Waals surface area contributed by atoms with Crippen molar-refractivity contribution in [3.8, 4) is 0 Å². The molecule has 4 heterocycles. The van der Waals surface area contributed by atoms with Gasteiger partial charge in [0.15, 0.2) is 23.2 Å². The monoisotopic (exact) mass is 668 g/mol. The number of anilines is 2. The Morgan fingerprint density at radius 3 is 1.84 bits per heavy atom. The number of ketones is 2. The molecule has 1 unspecified atom stereocenters. The Balaban J connectivity index is 1.23. The van der Waals surface area contributed by atoms with Crippen molar-refractivity contribution in [3.63, 3.8) is 0 Å². The lowest BCUT2D eigenvalue weighted by atomic mass is 9.59. The molecule has 0 bridgehead atoms. The number of nitrogens with one attached hydrogen (secondary N) is 3. The maximum absolute atomic E-state index is 14.7. The number of fused-ring (bicyclic) bond motifs is 2. The summed E-state index contributed by atoms with van der Waals surface area (Å²) < 4.78 is 2.11. The highest BCUT2D eigenvalue weighted by Gasteiger charge is 2.54. The van der Waals surface area contributed by atoms with Crippen LogP contribution in [0.1, 0.15) is 107 Å². The predicted molar refractivity (Wildman–Crippen MR) is 197 cm³/mol. The predicted octanol–water partition coefficient (Wildman–Crippen LogP) is 8.43. The quantitative estimate of drug-likeness (QED) is 0.191. The van der Waals surface area contributed by atoms with E-state index in [0.717, 1.165) is 87.1 Å². The minimum Gasteiger partial charge on any atom is -0.342 e. The van der Waals surface area contributed by atoms with Crippen LogP contribution in [0.5, 0.6) is 0 Å². The maximum Gasteiger partial charge on any atom is 0.162 e. The number of Topliss-reactive ketones (excluding diaryl/α,β-unsaturated/α-hetero) is 2. The minimum absolute atomic E-state index is 0.136. The van der Waals surface area contributed by atoms with Gasteiger partial charge in [0.05, 0.1) is 10.8 Å². The molecule has 8 nitrogen and oxygen atoms in total. The summed E-state index contributed by atoms with van der Waals surface area (Å²) in [4.78, 5) is 28.8. The summed E-state index contributed by atoms with van der Waals surface area (Å²) in [5, 5.41) is 20.5. The van der Waals surface area contributed by atoms with Gasteiger partial charge >= 0.3 is 0 Å². The van der Waals surface area contributed by atoms with E-state index in [0.29, 0.717) is 25.8 Å². The van der Waals surface area contributed by atoms with Crippen LogP contribution in [0.15, 0.2) is 83.2 Å². The lowest BCUT2D eigenvalue weighted by molar-refractivity contribution is -0.120. The number of carbonyl (C=O) groups is 2. The van der Waals surface area contributed by atoms with Crippen molar-refractivity contribution >= 4 is 23.2 Å². The first-order chi connectivity index (χ1) is 23.9. The van der Waals surface area contributed by atoms with Crippen LogP contribution in [0, 0.1) is 24.7 Å². The third-order valence-corrected chi connectivity index (χ3v) is 12.2. The molecule has 0 saturated heterocycles. The fraction of sp³-hybridized carbons (Fsp3) is 0.429. The van der Waals surface area contributed by atoms with E-state index in [1.807, 2.05) is 19.1 Å². The van der Waals surface area contributed by atoms with E-state index in [1.165, 1.54) is 0 Å². The highest BCUT2D eigenvalue weighted by molar-refractivity contribution is 6.04. The van der Waals surface area contributed by atoms with Crippen LogP contribution in [-0.2, 0) is 27.0 Å². The zero-order valence-electron chi connectivity index (χ0n) is 30.4. The molecule has 4 aromatic rings. The van der Waals surface area contributed by atoms with E-state index in [1.54, 1.807) is 0 Å². The first-order valence-corrected chi connectivity index (χ1v) is 18.2. The molecule has 3 atom stereocenters. The van der Waals surface area contributed by atoms with Crippen LogP contribution in [0.4, 0.5) is 11.6 Å². The van der Waals surface area contributed by atoms with Gasteiger partial charge < -0.3 is 10.6 Å². The van der Waals surface area contributed by atoms with Gasteiger partial charge in [0.2, 0.25) is 0 Å². The van der Waals surface area contributed by atoms with E-state index in [4.69, 9.17) is 10.2 Å². The van der Waals surface area contributed by atoms with E-state index >= 15 is 0 Å². The van der Waals surface area contributed by atoms with Gasteiger partial charge in [-0.15, -0.1) is 0 Å². The molecule has 2 aliphatic heterocycles. The molecule has 4 aliphatic rings. The second-order valence-corrected chi connectivity index (χ2v) is 16.3. The first kappa shape index (κ1) is 32.5. The Kier molecular flexibility index (Phi) is 7.24. The van der Waals surface area contributed by atoms with Gasteiger partial charge in [-0.25, -0.2) is 0 Å². The molecule has 0 spiro atoms. The number of H-pyrrole nitrogens is 1. The Bertz CT molecular complexity index is 2120. The fourth-order valence-electron chi connectivity index (χ4n) is 10.2. The number of nitrogens with zero attached hydrogens (tertiary/aromatic N) is 3. The Morgan fingerprint density at radius 1 is 0.700 bits per heavy atom. The molecule has 0 amide bonds. The van der Waals surface area contributed by atoms with Crippen LogP contribution < -0.4 is 10.6 Å². The molecular formula is C42H48N6O2. The van der Waals surface area contributed by atoms with Crippen LogP contribution in [0.3, 0.4) is 0 Å². The zero-order chi connectivity index (χ0) is 35.2. The number of aryl methyl sites for hydroxylation is 1. The SMILES string of the molecule is CC[C@@]1(c2ccccc2)C2=C(CC(C)(Cn3nc4c(c3C)[C@@](CC)(c3ccccc3)C3=C(CC(C)(C)CC3=O)N4)CC2=O)Nc2n[nH]c(C)c21. The van der Waals surface area contributed by atoms with Gasteiger partial charge in [-0.1, -0.05) is 95.3 Å². The number of carbonyl (C=O) groups excluding carboxylic acids is 2. The molecule has 0 saturated carbocycles. The van der Waals surface area contributed by atoms with Crippen molar-refractivity contribution in [2.24, 2.45) is 10.8 Å². The molecule has 0 radical (unpaired) electrons. The highest BCUT2D eigenvalue weighted by Crippen LogP contribution is 2.57. The third-order valence-electron chi connectivity index (χ3n) is 12.2. The number of hydrogen-bond donors (Lipinski definition) is 3. The van der Waals surface area contributed by atoms with Gasteiger partial charge in [-0.3, -0.25) is 19.4 Å². The number of aromatic nitrogens is 4. The normalized spacial score (nSPS) is 26.9. The summed E-state index contributed by atoms with van der Waals surface area (Å²) in [7, 11) is 0. The molecule has 8 rings (SSSR count). The summed E-state index contributed by atoms with van der Waals surface area (Å²) in [6.07, 6.45) is 3.89. The second-order valence-electron chi connectivity index (χ2n) is 16.3. The van der Waals surface area contributed by atoms with Crippen LogP contribution in [0.25, 0.3) is 0 Å². The van der Waals surface area contributed by atoms with Crippen LogP contribution >= 0.6 is 0 Å². The van der Waals surface area contributed by atoms with Crippen molar-refractivity contribution in [2.45, 2.75) is 104 Å². The molecule has 2 aromatic carbocycles. The summed E-state index contributed by atoms with van der Waals surface area (Å²) >= 11 is 0. The number of allylic oxidation sites excluding steroid dienone is 4. The number of hydrogen-bond acceptors (Lipinski definition) is 6. The average Bonchev–Trinajstić information content (AvgIpc) is 3.60. The van der Waals surface area contributed by atoms with Gasteiger partial charge in [-0.05, 0) is 61.5 Å². The van der Waals surface area contributed by atoms with Gasteiger partial charge in [-0.2, -0.15) is 10.2 Å². The standard InChI is InChI=1S/C42H48N6O2/c1-8-41(27-16-12-10-13-17-27)33-25(3)45-46-37(33)43-30-21-40(7,23-32(50)36(30)41)24-48-26(4)34-38(47-48)44-29-20-39(5,6)22-31(49)35(29)42(34,9-2)28-18-14-11-15-19-28/h10-19H,8-9,20-24H2,1-7H3,(H,44,47)(H2,43,45,46)/t40?,41-,42+/m0/s1. The number of benzene rings is 2. The minimum atomic E-state index is -0.609. The van der Waals surface area contributed by atoms with Gasteiger partial charge in [0, 0.05) is 64.4 Å². The largest absolute Gasteiger partial charge is 0.342 e. The van der Waals surface area contributed by atoms with Crippen molar-refractivity contribution < 1.29 is 9.59 Å². The van der Waals surface area contributed by atoms with E-state index in [-0.39, 0.29) is 17.0 Å².